The normalized spacial score (nSPS) is 14.0. The van der Waals surface area contributed by atoms with Gasteiger partial charge in [0.25, 0.3) is 0 Å². The number of hydrogen-bond donors (Lipinski definition) is 1. The quantitative estimate of drug-likeness (QED) is 0.924. The molecule has 21 heavy (non-hydrogen) atoms. The van der Waals surface area contributed by atoms with Gasteiger partial charge in [0.1, 0.15) is 0 Å². The Morgan fingerprint density at radius 1 is 1.05 bits per heavy atom. The van der Waals surface area contributed by atoms with E-state index in [0.717, 1.165) is 24.0 Å². The van der Waals surface area contributed by atoms with Crippen LogP contribution >= 0.6 is 0 Å². The van der Waals surface area contributed by atoms with Crippen molar-refractivity contribution in [3.05, 3.63) is 65.5 Å². The van der Waals surface area contributed by atoms with E-state index in [1.807, 2.05) is 6.07 Å². The monoisotopic (exact) mass is 295 g/mol. The van der Waals surface area contributed by atoms with Crippen LogP contribution in [-0.2, 0) is 11.6 Å². The molecule has 1 unspecified atom stereocenters. The van der Waals surface area contributed by atoms with E-state index in [9.17, 15) is 18.3 Å². The third-order valence-corrected chi connectivity index (χ3v) is 3.65. The van der Waals surface area contributed by atoms with Gasteiger partial charge >= 0.3 is 6.18 Å². The number of nitrogens with zero attached hydrogens (tertiary/aromatic N) is 1. The first-order chi connectivity index (χ1) is 9.74. The Kier molecular flexibility index (Phi) is 4.05. The van der Waals surface area contributed by atoms with Crippen LogP contribution in [0.15, 0.2) is 48.8 Å². The Morgan fingerprint density at radius 2 is 1.67 bits per heavy atom. The number of benzene rings is 1. The van der Waals surface area contributed by atoms with Crippen molar-refractivity contribution in [2.45, 2.75) is 31.5 Å². The first-order valence-corrected chi connectivity index (χ1v) is 6.49. The molecular formula is C16H16F3NO. The van der Waals surface area contributed by atoms with Crippen LogP contribution in [0.5, 0.6) is 0 Å². The molecule has 0 fully saturated rings. The average Bonchev–Trinajstić information content (AvgIpc) is 2.46. The molecule has 0 amide bonds. The number of aromatic nitrogens is 1. The maximum Gasteiger partial charge on any atom is 0.416 e. The molecule has 2 aromatic rings. The summed E-state index contributed by atoms with van der Waals surface area (Å²) in [6.07, 6.45) is -3.68. The van der Waals surface area contributed by atoms with E-state index in [1.54, 1.807) is 38.1 Å². The lowest BCUT2D eigenvalue weighted by atomic mass is 9.76. The minimum atomic E-state index is -4.52. The fraction of sp³-hybridized carbons (Fsp3) is 0.312. The van der Waals surface area contributed by atoms with Gasteiger partial charge in [0.2, 0.25) is 0 Å². The number of alkyl halides is 3. The molecule has 1 N–H and O–H groups in total. The van der Waals surface area contributed by atoms with Crippen molar-refractivity contribution in [1.82, 2.24) is 4.98 Å². The fourth-order valence-electron chi connectivity index (χ4n) is 2.30. The summed E-state index contributed by atoms with van der Waals surface area (Å²) in [5, 5.41) is 10.5. The lowest BCUT2D eigenvalue weighted by Gasteiger charge is -2.32. The van der Waals surface area contributed by atoms with Gasteiger partial charge in [0, 0.05) is 23.4 Å². The Hall–Kier alpha value is -1.88. The lowest BCUT2D eigenvalue weighted by molar-refractivity contribution is -0.139. The van der Waals surface area contributed by atoms with Crippen LogP contribution in [0, 0.1) is 0 Å². The number of pyridine rings is 1. The van der Waals surface area contributed by atoms with Crippen LogP contribution in [-0.4, -0.2) is 10.1 Å². The average molecular weight is 295 g/mol. The summed E-state index contributed by atoms with van der Waals surface area (Å²) in [6, 6.07) is 9.85. The molecule has 2 rings (SSSR count). The van der Waals surface area contributed by atoms with E-state index in [2.05, 4.69) is 4.98 Å². The molecule has 0 aliphatic rings. The van der Waals surface area contributed by atoms with E-state index in [1.165, 1.54) is 0 Å². The number of rotatable bonds is 3. The molecule has 0 aliphatic carbocycles. The molecule has 0 spiro atoms. The molecule has 1 aromatic carbocycles. The van der Waals surface area contributed by atoms with Crippen molar-refractivity contribution < 1.29 is 18.3 Å². The highest BCUT2D eigenvalue weighted by molar-refractivity contribution is 5.34. The number of aliphatic hydroxyl groups is 1. The molecule has 2 nitrogen and oxygen atoms in total. The summed E-state index contributed by atoms with van der Waals surface area (Å²) >= 11 is 0. The van der Waals surface area contributed by atoms with Gasteiger partial charge in [-0.2, -0.15) is 13.2 Å². The second-order valence-electron chi connectivity index (χ2n) is 5.45. The SMILES string of the molecule is CC(C)(c1ccccc1)C(O)c1cnccc1C(F)(F)F. The Labute approximate surface area is 121 Å². The van der Waals surface area contributed by atoms with Gasteiger partial charge < -0.3 is 5.11 Å². The van der Waals surface area contributed by atoms with Gasteiger partial charge in [0.15, 0.2) is 0 Å². The molecular weight excluding hydrogens is 279 g/mol. The van der Waals surface area contributed by atoms with Crippen LogP contribution in [0.1, 0.15) is 36.6 Å². The third kappa shape index (κ3) is 3.08. The highest BCUT2D eigenvalue weighted by Gasteiger charge is 2.39. The van der Waals surface area contributed by atoms with Crippen LogP contribution in [0.25, 0.3) is 0 Å². The largest absolute Gasteiger partial charge is 0.416 e. The molecule has 1 heterocycles. The summed E-state index contributed by atoms with van der Waals surface area (Å²) in [5.41, 5.74) is -1.17. The van der Waals surface area contributed by atoms with E-state index in [-0.39, 0.29) is 5.56 Å². The zero-order chi connectivity index (χ0) is 15.7. The minimum Gasteiger partial charge on any atom is -0.387 e. The predicted octanol–water partition coefficient (Wildman–Crippen LogP) is 4.11. The molecule has 0 bridgehead atoms. The first kappa shape index (κ1) is 15.5. The van der Waals surface area contributed by atoms with Gasteiger partial charge in [-0.1, -0.05) is 44.2 Å². The van der Waals surface area contributed by atoms with Crippen molar-refractivity contribution in [1.29, 1.82) is 0 Å². The van der Waals surface area contributed by atoms with Crippen molar-refractivity contribution >= 4 is 0 Å². The predicted molar refractivity (Wildman–Crippen MR) is 73.7 cm³/mol. The second kappa shape index (κ2) is 5.48. The topological polar surface area (TPSA) is 33.1 Å². The molecule has 1 aromatic heterocycles. The second-order valence-corrected chi connectivity index (χ2v) is 5.45. The van der Waals surface area contributed by atoms with E-state index < -0.39 is 23.3 Å². The summed E-state index contributed by atoms with van der Waals surface area (Å²) in [4.78, 5) is 3.73. The van der Waals surface area contributed by atoms with Gasteiger partial charge in [-0.15, -0.1) is 0 Å². The fourth-order valence-corrected chi connectivity index (χ4v) is 2.30. The van der Waals surface area contributed by atoms with Gasteiger partial charge in [0.05, 0.1) is 11.7 Å². The van der Waals surface area contributed by atoms with Crippen molar-refractivity contribution in [3.63, 3.8) is 0 Å². The molecule has 112 valence electrons. The van der Waals surface area contributed by atoms with Gasteiger partial charge in [-0.05, 0) is 11.6 Å². The molecule has 0 saturated carbocycles. The van der Waals surface area contributed by atoms with Crippen molar-refractivity contribution in [3.8, 4) is 0 Å². The molecule has 1 atom stereocenters. The van der Waals surface area contributed by atoms with E-state index in [0.29, 0.717) is 0 Å². The first-order valence-electron chi connectivity index (χ1n) is 6.49. The standard InChI is InChI=1S/C16H16F3NO/c1-15(2,11-6-4-3-5-7-11)14(21)12-10-20-9-8-13(12)16(17,18)19/h3-10,14,21H,1-2H3. The smallest absolute Gasteiger partial charge is 0.387 e. The summed E-state index contributed by atoms with van der Waals surface area (Å²) in [7, 11) is 0. The number of halogens is 3. The number of hydrogen-bond acceptors (Lipinski definition) is 2. The highest BCUT2D eigenvalue weighted by atomic mass is 19.4. The zero-order valence-corrected chi connectivity index (χ0v) is 11.7. The van der Waals surface area contributed by atoms with Gasteiger partial charge in [-0.25, -0.2) is 0 Å². The van der Waals surface area contributed by atoms with Crippen LogP contribution in [0.3, 0.4) is 0 Å². The van der Waals surface area contributed by atoms with Crippen molar-refractivity contribution in [2.75, 3.05) is 0 Å². The highest BCUT2D eigenvalue weighted by Crippen LogP contribution is 2.41. The zero-order valence-electron chi connectivity index (χ0n) is 11.7. The lowest BCUT2D eigenvalue weighted by Crippen LogP contribution is -2.28. The number of aliphatic hydroxyl groups excluding tert-OH is 1. The summed E-state index contributed by atoms with van der Waals surface area (Å²) < 4.78 is 39.2. The maximum atomic E-state index is 13.1. The van der Waals surface area contributed by atoms with Crippen LogP contribution in [0.2, 0.25) is 0 Å². The summed E-state index contributed by atoms with van der Waals surface area (Å²) in [5.74, 6) is 0. The van der Waals surface area contributed by atoms with Crippen LogP contribution in [0.4, 0.5) is 13.2 Å². The third-order valence-electron chi connectivity index (χ3n) is 3.65. The van der Waals surface area contributed by atoms with Crippen LogP contribution < -0.4 is 0 Å². The minimum absolute atomic E-state index is 0.209. The molecule has 0 radical (unpaired) electrons. The molecule has 0 aliphatic heterocycles. The van der Waals surface area contributed by atoms with Gasteiger partial charge in [-0.3, -0.25) is 4.98 Å². The Bertz CT molecular complexity index is 608. The Morgan fingerprint density at radius 3 is 2.24 bits per heavy atom. The molecule has 0 saturated heterocycles. The van der Waals surface area contributed by atoms with Crippen molar-refractivity contribution in [2.24, 2.45) is 0 Å². The molecule has 5 heteroatoms. The van der Waals surface area contributed by atoms with E-state index >= 15 is 0 Å². The van der Waals surface area contributed by atoms with E-state index in [4.69, 9.17) is 0 Å². The summed E-state index contributed by atoms with van der Waals surface area (Å²) in [6.45, 7) is 3.42. The Balaban J connectivity index is 2.48. The maximum absolute atomic E-state index is 13.1.